The predicted molar refractivity (Wildman–Crippen MR) is 104 cm³/mol. The zero-order valence-electron chi connectivity index (χ0n) is 14.7. The van der Waals surface area contributed by atoms with E-state index in [1.54, 1.807) is 0 Å². The van der Waals surface area contributed by atoms with E-state index in [1.165, 1.54) is 0 Å². The first-order valence-corrected chi connectivity index (χ1v) is 8.48. The van der Waals surface area contributed by atoms with Crippen LogP contribution in [0.25, 0.3) is 16.9 Å². The van der Waals surface area contributed by atoms with E-state index in [0.717, 1.165) is 28.3 Å². The summed E-state index contributed by atoms with van der Waals surface area (Å²) in [5.74, 6) is 1.23. The molecule has 0 spiro atoms. The second kappa shape index (κ2) is 6.80. The predicted octanol–water partition coefficient (Wildman–Crippen LogP) is 4.69. The summed E-state index contributed by atoms with van der Waals surface area (Å²) < 4.78 is 2.08. The van der Waals surface area contributed by atoms with Gasteiger partial charge in [-0.2, -0.15) is 0 Å². The highest BCUT2D eigenvalue weighted by Crippen LogP contribution is 2.28. The maximum Gasteiger partial charge on any atom is 0.229 e. The highest BCUT2D eigenvalue weighted by molar-refractivity contribution is 5.66. The molecule has 0 fully saturated rings. The van der Waals surface area contributed by atoms with Crippen molar-refractivity contribution in [2.45, 2.75) is 13.8 Å². The molecule has 0 amide bonds. The third kappa shape index (κ3) is 3.19. The van der Waals surface area contributed by atoms with Crippen molar-refractivity contribution in [2.75, 3.05) is 5.32 Å². The summed E-state index contributed by atoms with van der Waals surface area (Å²) >= 11 is 0. The third-order valence-corrected chi connectivity index (χ3v) is 4.05. The van der Waals surface area contributed by atoms with Crippen LogP contribution in [0.5, 0.6) is 0 Å². The summed E-state index contributed by atoms with van der Waals surface area (Å²) in [6.45, 7) is 3.91. The summed E-state index contributed by atoms with van der Waals surface area (Å²) in [5, 5.41) is 3.27. The van der Waals surface area contributed by atoms with E-state index in [0.29, 0.717) is 11.9 Å². The molecule has 2 heterocycles. The number of anilines is 2. The number of nitrogens with zero attached hydrogens (tertiary/aromatic N) is 4. The Hall–Kier alpha value is -3.47. The van der Waals surface area contributed by atoms with Gasteiger partial charge in [-0.1, -0.05) is 48.5 Å². The number of aryl methyl sites for hydroxylation is 2. The molecule has 0 bridgehead atoms. The molecule has 5 nitrogen and oxygen atoms in total. The molecule has 128 valence electrons. The first kappa shape index (κ1) is 16.0. The lowest BCUT2D eigenvalue weighted by Gasteiger charge is -2.13. The Bertz CT molecular complexity index is 1000. The lowest BCUT2D eigenvalue weighted by atomic mass is 10.1. The van der Waals surface area contributed by atoms with Gasteiger partial charge in [0.15, 0.2) is 0 Å². The number of rotatable bonds is 4. The molecule has 5 heteroatoms. The van der Waals surface area contributed by atoms with Crippen molar-refractivity contribution >= 4 is 11.9 Å². The van der Waals surface area contributed by atoms with Gasteiger partial charge >= 0.3 is 0 Å². The van der Waals surface area contributed by atoms with Crippen molar-refractivity contribution in [1.82, 2.24) is 19.5 Å². The monoisotopic (exact) mass is 341 g/mol. The van der Waals surface area contributed by atoms with E-state index < -0.39 is 0 Å². The Labute approximate surface area is 152 Å². The van der Waals surface area contributed by atoms with Crippen LogP contribution >= 0.6 is 0 Å². The molecule has 0 atom stereocenters. The van der Waals surface area contributed by atoms with Crippen molar-refractivity contribution in [3.63, 3.8) is 0 Å². The van der Waals surface area contributed by atoms with E-state index in [2.05, 4.69) is 49.1 Å². The summed E-state index contributed by atoms with van der Waals surface area (Å²) in [5.41, 5.74) is 4.96. The summed E-state index contributed by atoms with van der Waals surface area (Å²) in [4.78, 5) is 13.5. The van der Waals surface area contributed by atoms with Crippen molar-refractivity contribution < 1.29 is 0 Å². The van der Waals surface area contributed by atoms with E-state index in [1.807, 2.05) is 62.5 Å². The summed E-state index contributed by atoms with van der Waals surface area (Å²) in [6.07, 6.45) is 1.87. The lowest BCUT2D eigenvalue weighted by molar-refractivity contribution is 1.02. The number of nitrogens with one attached hydrogen (secondary N) is 1. The molecule has 2 aromatic heterocycles. The molecule has 0 aliphatic heterocycles. The van der Waals surface area contributed by atoms with Gasteiger partial charge in [-0.3, -0.25) is 9.88 Å². The van der Waals surface area contributed by atoms with Crippen LogP contribution in [0.15, 0.2) is 72.9 Å². The summed E-state index contributed by atoms with van der Waals surface area (Å²) in [6, 6.07) is 22.3. The first-order valence-electron chi connectivity index (χ1n) is 8.48. The molecule has 4 rings (SSSR count). The maximum absolute atomic E-state index is 4.60. The van der Waals surface area contributed by atoms with Crippen molar-refractivity contribution in [3.05, 3.63) is 84.3 Å². The quantitative estimate of drug-likeness (QED) is 0.585. The van der Waals surface area contributed by atoms with Gasteiger partial charge in [-0.15, -0.1) is 0 Å². The molecule has 26 heavy (non-hydrogen) atoms. The zero-order chi connectivity index (χ0) is 17.9. The number of aromatic nitrogens is 4. The Morgan fingerprint density at radius 2 is 1.42 bits per heavy atom. The fourth-order valence-electron chi connectivity index (χ4n) is 2.97. The van der Waals surface area contributed by atoms with E-state index >= 15 is 0 Å². The van der Waals surface area contributed by atoms with Gasteiger partial charge in [0.2, 0.25) is 11.9 Å². The highest BCUT2D eigenvalue weighted by atomic mass is 15.3. The van der Waals surface area contributed by atoms with Crippen molar-refractivity contribution in [3.8, 4) is 16.9 Å². The lowest BCUT2D eigenvalue weighted by Crippen LogP contribution is -2.06. The normalized spacial score (nSPS) is 10.7. The van der Waals surface area contributed by atoms with E-state index in [-0.39, 0.29) is 0 Å². The standard InChI is InChI=1S/C21H19N5/c1-15-13-16(2)24-20(23-15)25-21-22-14-19(17-9-5-3-6-10-17)26(21)18-11-7-4-8-12-18/h3-14H,1-2H3,(H,22,23,24,25). The highest BCUT2D eigenvalue weighted by Gasteiger charge is 2.14. The number of imidazole rings is 1. The summed E-state index contributed by atoms with van der Waals surface area (Å²) in [7, 11) is 0. The van der Waals surface area contributed by atoms with Crippen molar-refractivity contribution in [1.29, 1.82) is 0 Å². The van der Waals surface area contributed by atoms with Gasteiger partial charge in [0.05, 0.1) is 11.9 Å². The number of benzene rings is 2. The van der Waals surface area contributed by atoms with Crippen LogP contribution in [0.3, 0.4) is 0 Å². The minimum atomic E-state index is 0.546. The van der Waals surface area contributed by atoms with E-state index in [4.69, 9.17) is 0 Å². The Kier molecular flexibility index (Phi) is 4.19. The molecular weight excluding hydrogens is 322 g/mol. The largest absolute Gasteiger partial charge is 0.294 e. The van der Waals surface area contributed by atoms with Crippen LogP contribution in [-0.4, -0.2) is 19.5 Å². The first-order chi connectivity index (χ1) is 12.7. The SMILES string of the molecule is Cc1cc(C)nc(Nc2ncc(-c3ccccc3)n2-c2ccccc2)n1. The number of hydrogen-bond acceptors (Lipinski definition) is 4. The van der Waals surface area contributed by atoms with Crippen LogP contribution in [0, 0.1) is 13.8 Å². The maximum atomic E-state index is 4.60. The third-order valence-electron chi connectivity index (χ3n) is 4.05. The van der Waals surface area contributed by atoms with Gasteiger partial charge in [-0.25, -0.2) is 15.0 Å². The molecule has 0 saturated heterocycles. The second-order valence-corrected chi connectivity index (χ2v) is 6.10. The van der Waals surface area contributed by atoms with Gasteiger partial charge in [-0.05, 0) is 32.0 Å². The van der Waals surface area contributed by atoms with Gasteiger partial charge in [0.1, 0.15) is 0 Å². The minimum Gasteiger partial charge on any atom is -0.294 e. The Morgan fingerprint density at radius 1 is 0.808 bits per heavy atom. The van der Waals surface area contributed by atoms with Crippen LogP contribution in [0.1, 0.15) is 11.4 Å². The fourth-order valence-corrected chi connectivity index (χ4v) is 2.97. The Morgan fingerprint density at radius 3 is 2.08 bits per heavy atom. The van der Waals surface area contributed by atoms with Gasteiger partial charge in [0, 0.05) is 22.6 Å². The van der Waals surface area contributed by atoms with Gasteiger partial charge < -0.3 is 0 Å². The van der Waals surface area contributed by atoms with E-state index in [9.17, 15) is 0 Å². The topological polar surface area (TPSA) is 55.6 Å². The van der Waals surface area contributed by atoms with Crippen LogP contribution in [0.2, 0.25) is 0 Å². The minimum absolute atomic E-state index is 0.546. The number of para-hydroxylation sites is 1. The molecule has 0 aliphatic carbocycles. The van der Waals surface area contributed by atoms with Crippen LogP contribution in [-0.2, 0) is 0 Å². The molecule has 0 aliphatic rings. The second-order valence-electron chi connectivity index (χ2n) is 6.10. The Balaban J connectivity index is 1.84. The molecule has 0 unspecified atom stereocenters. The molecule has 2 aromatic carbocycles. The molecular formula is C21H19N5. The molecule has 1 N–H and O–H groups in total. The van der Waals surface area contributed by atoms with Crippen LogP contribution < -0.4 is 5.32 Å². The fraction of sp³-hybridized carbons (Fsp3) is 0.0952. The smallest absolute Gasteiger partial charge is 0.229 e. The average Bonchev–Trinajstić information content (AvgIpc) is 3.06. The average molecular weight is 341 g/mol. The number of hydrogen-bond donors (Lipinski definition) is 1. The molecule has 4 aromatic rings. The van der Waals surface area contributed by atoms with Crippen molar-refractivity contribution in [2.24, 2.45) is 0 Å². The molecule has 0 saturated carbocycles. The van der Waals surface area contributed by atoms with Gasteiger partial charge in [0.25, 0.3) is 0 Å². The zero-order valence-corrected chi connectivity index (χ0v) is 14.7. The van der Waals surface area contributed by atoms with Crippen LogP contribution in [0.4, 0.5) is 11.9 Å². The molecule has 0 radical (unpaired) electrons.